The van der Waals surface area contributed by atoms with Crippen LogP contribution in [0.25, 0.3) is 9.75 Å². The molecule has 2 aromatic heterocycles. The van der Waals surface area contributed by atoms with E-state index in [1.165, 1.54) is 15.3 Å². The molecule has 0 aliphatic heterocycles. The topological polar surface area (TPSA) is 17.1 Å². The van der Waals surface area contributed by atoms with Crippen molar-refractivity contribution in [1.82, 2.24) is 0 Å². The van der Waals surface area contributed by atoms with Gasteiger partial charge in [0.05, 0.1) is 4.88 Å². The van der Waals surface area contributed by atoms with Crippen molar-refractivity contribution in [3.8, 4) is 9.75 Å². The Kier molecular flexibility index (Phi) is 2.45. The first kappa shape index (κ1) is 10.2. The number of thiophene rings is 2. The predicted octanol–water partition coefficient (Wildman–Crippen LogP) is 4.38. The Morgan fingerprint density at radius 3 is 2.50 bits per heavy atom. The molecule has 0 aromatic carbocycles. The van der Waals surface area contributed by atoms with Crippen LogP contribution in [0.5, 0.6) is 0 Å². The summed E-state index contributed by atoms with van der Waals surface area (Å²) in [4.78, 5) is 14.5. The molecular formula is C13H12OS2. The van der Waals surface area contributed by atoms with Crippen molar-refractivity contribution in [1.29, 1.82) is 0 Å². The van der Waals surface area contributed by atoms with Crippen molar-refractivity contribution in [2.45, 2.75) is 19.8 Å². The number of hydrogen-bond donors (Lipinski definition) is 0. The van der Waals surface area contributed by atoms with Crippen LogP contribution in [0.4, 0.5) is 0 Å². The molecular weight excluding hydrogens is 236 g/mol. The SMILES string of the molecule is Cc1ccsc1-c1sccc1C(=O)C1CC1. The highest BCUT2D eigenvalue weighted by Gasteiger charge is 2.32. The van der Waals surface area contributed by atoms with Crippen molar-refractivity contribution < 1.29 is 4.79 Å². The molecule has 3 rings (SSSR count). The van der Waals surface area contributed by atoms with Gasteiger partial charge in [-0.05, 0) is 48.2 Å². The lowest BCUT2D eigenvalue weighted by Crippen LogP contribution is -2.00. The summed E-state index contributed by atoms with van der Waals surface area (Å²) in [6.07, 6.45) is 2.16. The maximum atomic E-state index is 12.1. The first-order chi connectivity index (χ1) is 7.77. The third-order valence-corrected chi connectivity index (χ3v) is 5.04. The van der Waals surface area contributed by atoms with Gasteiger partial charge in [0.25, 0.3) is 0 Å². The van der Waals surface area contributed by atoms with Gasteiger partial charge in [-0.2, -0.15) is 0 Å². The molecule has 1 saturated carbocycles. The van der Waals surface area contributed by atoms with Crippen molar-refractivity contribution in [3.05, 3.63) is 34.0 Å². The van der Waals surface area contributed by atoms with Crippen LogP contribution in [-0.2, 0) is 0 Å². The first-order valence-electron chi connectivity index (χ1n) is 5.43. The molecule has 16 heavy (non-hydrogen) atoms. The highest BCUT2D eigenvalue weighted by Crippen LogP contribution is 2.40. The van der Waals surface area contributed by atoms with Gasteiger partial charge in [-0.15, -0.1) is 22.7 Å². The minimum Gasteiger partial charge on any atom is -0.294 e. The second-order valence-electron chi connectivity index (χ2n) is 4.23. The van der Waals surface area contributed by atoms with Crippen LogP contribution in [0.15, 0.2) is 22.9 Å². The van der Waals surface area contributed by atoms with E-state index >= 15 is 0 Å². The smallest absolute Gasteiger partial charge is 0.167 e. The predicted molar refractivity (Wildman–Crippen MR) is 69.4 cm³/mol. The Hall–Kier alpha value is -0.930. The summed E-state index contributed by atoms with van der Waals surface area (Å²) >= 11 is 3.41. The normalized spacial score (nSPS) is 15.3. The molecule has 1 nitrogen and oxygen atoms in total. The third-order valence-electron chi connectivity index (χ3n) is 2.95. The van der Waals surface area contributed by atoms with Gasteiger partial charge < -0.3 is 0 Å². The molecule has 1 aliphatic rings. The van der Waals surface area contributed by atoms with Crippen LogP contribution in [0, 0.1) is 12.8 Å². The zero-order chi connectivity index (χ0) is 11.1. The van der Waals surface area contributed by atoms with E-state index in [9.17, 15) is 4.79 Å². The molecule has 0 saturated heterocycles. The highest BCUT2D eigenvalue weighted by molar-refractivity contribution is 7.20. The van der Waals surface area contributed by atoms with Gasteiger partial charge in [0.2, 0.25) is 0 Å². The molecule has 1 fully saturated rings. The summed E-state index contributed by atoms with van der Waals surface area (Å²) in [5.41, 5.74) is 2.22. The van der Waals surface area contributed by atoms with Crippen LogP contribution in [0.3, 0.4) is 0 Å². The van der Waals surface area contributed by atoms with E-state index in [4.69, 9.17) is 0 Å². The number of hydrogen-bond acceptors (Lipinski definition) is 3. The van der Waals surface area contributed by atoms with E-state index < -0.39 is 0 Å². The van der Waals surface area contributed by atoms with Crippen LogP contribution in [-0.4, -0.2) is 5.78 Å². The molecule has 0 amide bonds. The molecule has 2 aromatic rings. The number of carbonyl (C=O) groups is 1. The molecule has 0 N–H and O–H groups in total. The van der Waals surface area contributed by atoms with Crippen LogP contribution in [0.1, 0.15) is 28.8 Å². The first-order valence-corrected chi connectivity index (χ1v) is 7.19. The van der Waals surface area contributed by atoms with Crippen molar-refractivity contribution in [2.24, 2.45) is 5.92 Å². The number of Topliss-reactive ketones (excluding diaryl/α,β-unsaturated/α-hetero) is 1. The van der Waals surface area contributed by atoms with Crippen molar-refractivity contribution >= 4 is 28.5 Å². The van der Waals surface area contributed by atoms with Gasteiger partial charge in [-0.3, -0.25) is 4.79 Å². The number of carbonyl (C=O) groups excluding carboxylic acids is 1. The van der Waals surface area contributed by atoms with Gasteiger partial charge in [-0.25, -0.2) is 0 Å². The molecule has 82 valence electrons. The summed E-state index contributed by atoms with van der Waals surface area (Å²) < 4.78 is 0. The summed E-state index contributed by atoms with van der Waals surface area (Å²) in [5, 5.41) is 4.12. The summed E-state index contributed by atoms with van der Waals surface area (Å²) in [6.45, 7) is 2.11. The molecule has 3 heteroatoms. The van der Waals surface area contributed by atoms with Crippen molar-refractivity contribution in [2.75, 3.05) is 0 Å². The Bertz CT molecular complexity index is 532. The second-order valence-corrected chi connectivity index (χ2v) is 6.07. The average molecular weight is 248 g/mol. The van der Waals surface area contributed by atoms with E-state index in [-0.39, 0.29) is 0 Å². The van der Waals surface area contributed by atoms with Crippen LogP contribution < -0.4 is 0 Å². The second kappa shape index (κ2) is 3.82. The molecule has 0 bridgehead atoms. The van der Waals surface area contributed by atoms with Crippen LogP contribution in [0.2, 0.25) is 0 Å². The number of ketones is 1. The summed E-state index contributed by atoms with van der Waals surface area (Å²) in [6, 6.07) is 4.10. The minimum absolute atomic E-state index is 0.314. The lowest BCUT2D eigenvalue weighted by Gasteiger charge is -2.01. The monoisotopic (exact) mass is 248 g/mol. The fraction of sp³-hybridized carbons (Fsp3) is 0.308. The van der Waals surface area contributed by atoms with E-state index in [2.05, 4.69) is 18.4 Å². The molecule has 0 spiro atoms. The number of aryl methyl sites for hydroxylation is 1. The fourth-order valence-corrected chi connectivity index (χ4v) is 3.92. The molecule has 0 radical (unpaired) electrons. The minimum atomic E-state index is 0.314. The van der Waals surface area contributed by atoms with Gasteiger partial charge in [0, 0.05) is 16.4 Å². The summed E-state index contributed by atoms with van der Waals surface area (Å²) in [5.74, 6) is 0.665. The van der Waals surface area contributed by atoms with E-state index in [1.54, 1.807) is 22.7 Å². The Balaban J connectivity index is 2.05. The maximum absolute atomic E-state index is 12.1. The van der Waals surface area contributed by atoms with E-state index in [1.807, 2.05) is 11.4 Å². The maximum Gasteiger partial charge on any atom is 0.167 e. The lowest BCUT2D eigenvalue weighted by atomic mass is 10.1. The van der Waals surface area contributed by atoms with E-state index in [0.29, 0.717) is 11.7 Å². The molecule has 0 atom stereocenters. The van der Waals surface area contributed by atoms with Crippen molar-refractivity contribution in [3.63, 3.8) is 0 Å². The summed E-state index contributed by atoms with van der Waals surface area (Å²) in [7, 11) is 0. The molecule has 2 heterocycles. The van der Waals surface area contributed by atoms with Crippen LogP contribution >= 0.6 is 22.7 Å². The Morgan fingerprint density at radius 1 is 1.19 bits per heavy atom. The molecule has 1 aliphatic carbocycles. The zero-order valence-electron chi connectivity index (χ0n) is 9.03. The van der Waals surface area contributed by atoms with Gasteiger partial charge in [-0.1, -0.05) is 0 Å². The van der Waals surface area contributed by atoms with Gasteiger partial charge in [0.1, 0.15) is 0 Å². The van der Waals surface area contributed by atoms with E-state index in [0.717, 1.165) is 18.4 Å². The quantitative estimate of drug-likeness (QED) is 0.737. The largest absolute Gasteiger partial charge is 0.294 e. The number of rotatable bonds is 3. The average Bonchev–Trinajstić information content (AvgIpc) is 2.86. The zero-order valence-corrected chi connectivity index (χ0v) is 10.7. The van der Waals surface area contributed by atoms with Gasteiger partial charge in [0.15, 0.2) is 5.78 Å². The third kappa shape index (κ3) is 1.64. The standard InChI is InChI=1S/C13H12OS2/c1-8-4-6-15-12(8)13-10(5-7-16-13)11(14)9-2-3-9/h4-7,9H,2-3H2,1H3. The van der Waals surface area contributed by atoms with Gasteiger partial charge >= 0.3 is 0 Å². The Labute approximate surface area is 103 Å². The molecule has 0 unspecified atom stereocenters. The highest BCUT2D eigenvalue weighted by atomic mass is 32.1. The Morgan fingerprint density at radius 2 is 1.88 bits per heavy atom. The lowest BCUT2D eigenvalue weighted by molar-refractivity contribution is 0.0968. The fourth-order valence-electron chi connectivity index (χ4n) is 1.85.